The minimum atomic E-state index is -1.94. The molecule has 0 amide bonds. The average Bonchev–Trinajstić information content (AvgIpc) is 3.00. The average molecular weight is 667 g/mol. The molecule has 1 aromatic heterocycles. The van der Waals surface area contributed by atoms with Gasteiger partial charge in [0.1, 0.15) is 42.2 Å². The number of fused-ring (bicyclic) bond motifs is 1. The molecule has 1 saturated heterocycles. The van der Waals surface area contributed by atoms with Gasteiger partial charge in [-0.2, -0.15) is 0 Å². The Morgan fingerprint density at radius 2 is 1.60 bits per heavy atom. The van der Waals surface area contributed by atoms with Crippen LogP contribution in [0.15, 0.2) is 33.5 Å². The lowest BCUT2D eigenvalue weighted by Crippen LogP contribution is -2.60. The van der Waals surface area contributed by atoms with Gasteiger partial charge in [0, 0.05) is 11.6 Å². The number of hydrogen-bond donors (Lipinski definition) is 7. The second-order valence-corrected chi connectivity index (χ2v) is 10.9. The zero-order valence-corrected chi connectivity index (χ0v) is 25.5. The van der Waals surface area contributed by atoms with Crippen molar-refractivity contribution in [3.63, 3.8) is 0 Å². The number of phenolic OH excluding ortho intramolecular Hbond substituents is 2. The number of methoxy groups -OCH3 is 3. The quantitative estimate of drug-likeness (QED) is 0.128. The smallest absolute Gasteiger partial charge is 0.308 e. The van der Waals surface area contributed by atoms with Crippen molar-refractivity contribution < 1.29 is 78.2 Å². The fourth-order valence-electron chi connectivity index (χ4n) is 4.95. The number of esters is 1. The summed E-state index contributed by atoms with van der Waals surface area (Å²) in [7, 11) is 3.63. The van der Waals surface area contributed by atoms with E-state index in [1.807, 2.05) is 0 Å². The molecule has 7 N–H and O–H groups in total. The van der Waals surface area contributed by atoms with Gasteiger partial charge in [0.15, 0.2) is 28.3 Å². The van der Waals surface area contributed by atoms with Crippen molar-refractivity contribution in [3.05, 3.63) is 34.5 Å². The monoisotopic (exact) mass is 666 g/mol. The molecule has 3 aromatic rings. The van der Waals surface area contributed by atoms with Gasteiger partial charge in [0.05, 0.1) is 39.8 Å². The summed E-state index contributed by atoms with van der Waals surface area (Å²) in [4.78, 5) is 36.4. The van der Waals surface area contributed by atoms with Crippen LogP contribution in [0.25, 0.3) is 22.3 Å². The molecule has 256 valence electrons. The second kappa shape index (κ2) is 13.9. The van der Waals surface area contributed by atoms with E-state index in [4.69, 9.17) is 37.9 Å². The third kappa shape index (κ3) is 7.28. The molecule has 47 heavy (non-hydrogen) atoms. The van der Waals surface area contributed by atoms with Gasteiger partial charge < -0.3 is 68.6 Å². The van der Waals surface area contributed by atoms with E-state index in [9.17, 15) is 45.0 Å². The molecule has 0 radical (unpaired) electrons. The van der Waals surface area contributed by atoms with Crippen molar-refractivity contribution >= 4 is 22.9 Å². The number of hydrogen-bond acceptors (Lipinski definition) is 16. The van der Waals surface area contributed by atoms with Crippen molar-refractivity contribution in [2.24, 2.45) is 0 Å². The van der Waals surface area contributed by atoms with E-state index in [1.165, 1.54) is 32.4 Å². The van der Waals surface area contributed by atoms with Crippen LogP contribution in [0.3, 0.4) is 0 Å². The molecule has 17 nitrogen and oxygen atoms in total. The Labute approximate surface area is 265 Å². The number of carboxylic acid groups (broad SMARTS) is 1. The van der Waals surface area contributed by atoms with Crippen LogP contribution < -0.4 is 24.4 Å². The fourth-order valence-corrected chi connectivity index (χ4v) is 4.95. The maximum absolute atomic E-state index is 13.2. The number of benzene rings is 2. The first-order valence-electron chi connectivity index (χ1n) is 13.9. The van der Waals surface area contributed by atoms with Gasteiger partial charge >= 0.3 is 11.9 Å². The topological polar surface area (TPSA) is 261 Å². The molecular formula is C30H34O17. The molecule has 2 aromatic carbocycles. The lowest BCUT2D eigenvalue weighted by molar-refractivity contribution is -0.279. The van der Waals surface area contributed by atoms with Gasteiger partial charge in [-0.3, -0.25) is 14.4 Å². The van der Waals surface area contributed by atoms with E-state index in [0.717, 1.165) is 20.1 Å². The van der Waals surface area contributed by atoms with E-state index < -0.39 is 90.4 Å². The highest BCUT2D eigenvalue weighted by atomic mass is 16.7. The summed E-state index contributed by atoms with van der Waals surface area (Å²) < 4.78 is 38.2. The molecular weight excluding hydrogens is 632 g/mol. The summed E-state index contributed by atoms with van der Waals surface area (Å²) in [5.41, 5.74) is -2.71. The number of aliphatic carboxylic acids is 1. The van der Waals surface area contributed by atoms with E-state index in [0.29, 0.717) is 5.56 Å². The van der Waals surface area contributed by atoms with Crippen molar-refractivity contribution in [3.8, 4) is 45.8 Å². The Bertz CT molecular complexity index is 1700. The number of phenols is 2. The van der Waals surface area contributed by atoms with E-state index in [2.05, 4.69) is 0 Å². The van der Waals surface area contributed by atoms with Crippen molar-refractivity contribution in [2.45, 2.75) is 56.1 Å². The summed E-state index contributed by atoms with van der Waals surface area (Å²) in [6.45, 7) is 0.392. The normalized spacial score (nSPS) is 22.3. The molecule has 0 bridgehead atoms. The zero-order valence-electron chi connectivity index (χ0n) is 25.5. The van der Waals surface area contributed by atoms with Crippen LogP contribution in [0.1, 0.15) is 19.8 Å². The highest BCUT2D eigenvalue weighted by Crippen LogP contribution is 2.51. The number of carboxylic acids is 1. The standard InChI is InChI=1S/C30H34O17/c1-30(40,9-18(33)34)10-19(35)44-11-17-21(36)23(38)24(39)29(46-17)47-28-26(42-3)22(37)20-14(32)8-15(45-25(20)27(28)43-4)12-5-6-13(31)16(7-12)41-2/h5-8,17,21,23-24,29,31,36-40H,9-11H2,1-4H3,(H,33,34)/t17-,21+,23-,24-,29+,30+/m1/s1. The van der Waals surface area contributed by atoms with Crippen LogP contribution in [0.5, 0.6) is 34.5 Å². The summed E-state index contributed by atoms with van der Waals surface area (Å²) in [5, 5.41) is 71.4. The molecule has 0 spiro atoms. The van der Waals surface area contributed by atoms with Crippen LogP contribution in [0.2, 0.25) is 0 Å². The van der Waals surface area contributed by atoms with Gasteiger partial charge in [0.25, 0.3) is 0 Å². The number of carbonyl (C=O) groups excluding carboxylic acids is 1. The SMILES string of the molecule is COc1cc(-c2cc(=O)c3c(O)c(OC)c(O[C@@H]4O[C@H](COC(=O)C[C@@](C)(O)CC(=O)O)[C@H](O)[C@@H](O)[C@H]4O)c(OC)c3o2)ccc1O. The maximum atomic E-state index is 13.2. The number of aliphatic hydroxyl groups excluding tert-OH is 3. The van der Waals surface area contributed by atoms with E-state index in [1.54, 1.807) is 0 Å². The molecule has 17 heteroatoms. The van der Waals surface area contributed by atoms with E-state index in [-0.39, 0.29) is 34.0 Å². The molecule has 0 saturated carbocycles. The number of aliphatic hydroxyl groups is 4. The fraction of sp³-hybridized carbons (Fsp3) is 0.433. The van der Waals surface area contributed by atoms with Crippen LogP contribution >= 0.6 is 0 Å². The number of ether oxygens (including phenoxy) is 6. The van der Waals surface area contributed by atoms with Crippen LogP contribution in [0, 0.1) is 0 Å². The Morgan fingerprint density at radius 3 is 2.21 bits per heavy atom. The Balaban J connectivity index is 1.70. The van der Waals surface area contributed by atoms with Crippen molar-refractivity contribution in [1.29, 1.82) is 0 Å². The Hall–Kier alpha value is -4.81. The first kappa shape index (κ1) is 35.1. The predicted molar refractivity (Wildman–Crippen MR) is 157 cm³/mol. The van der Waals surface area contributed by atoms with Gasteiger partial charge in [-0.25, -0.2) is 0 Å². The molecule has 1 aliphatic heterocycles. The molecule has 0 aliphatic carbocycles. The summed E-state index contributed by atoms with van der Waals surface area (Å²) in [6.07, 6.45) is -10.5. The van der Waals surface area contributed by atoms with Crippen molar-refractivity contribution in [2.75, 3.05) is 27.9 Å². The zero-order chi connectivity index (χ0) is 34.8. The van der Waals surface area contributed by atoms with Gasteiger partial charge in [-0.15, -0.1) is 0 Å². The van der Waals surface area contributed by atoms with E-state index >= 15 is 0 Å². The Kier molecular flexibility index (Phi) is 10.4. The van der Waals surface area contributed by atoms with Gasteiger partial charge in [-0.05, 0) is 25.1 Å². The Morgan fingerprint density at radius 1 is 0.915 bits per heavy atom. The maximum Gasteiger partial charge on any atom is 0.308 e. The summed E-state index contributed by atoms with van der Waals surface area (Å²) in [5.74, 6) is -4.52. The van der Waals surface area contributed by atoms with Gasteiger partial charge in [-0.1, -0.05) is 0 Å². The number of carbonyl (C=O) groups is 2. The molecule has 1 aliphatic rings. The lowest BCUT2D eigenvalue weighted by Gasteiger charge is -2.40. The molecule has 0 unspecified atom stereocenters. The highest BCUT2D eigenvalue weighted by Gasteiger charge is 2.46. The minimum absolute atomic E-state index is 0.0358. The molecule has 4 rings (SSSR count). The molecule has 6 atom stereocenters. The third-order valence-electron chi connectivity index (χ3n) is 7.26. The number of aromatic hydroxyl groups is 2. The highest BCUT2D eigenvalue weighted by molar-refractivity contribution is 5.95. The predicted octanol–water partition coefficient (Wildman–Crippen LogP) is 0.242. The van der Waals surface area contributed by atoms with Crippen LogP contribution in [-0.4, -0.2) is 112 Å². The third-order valence-corrected chi connectivity index (χ3v) is 7.26. The van der Waals surface area contributed by atoms with Crippen LogP contribution in [-0.2, 0) is 19.1 Å². The second-order valence-electron chi connectivity index (χ2n) is 10.9. The first-order chi connectivity index (χ1) is 22.1. The van der Waals surface area contributed by atoms with Crippen LogP contribution in [0.4, 0.5) is 0 Å². The largest absolute Gasteiger partial charge is 0.504 e. The summed E-state index contributed by atoms with van der Waals surface area (Å²) in [6, 6.07) is 5.22. The molecule has 2 heterocycles. The molecule has 1 fully saturated rings. The first-order valence-corrected chi connectivity index (χ1v) is 13.9. The number of rotatable bonds is 12. The summed E-state index contributed by atoms with van der Waals surface area (Å²) >= 11 is 0. The van der Waals surface area contributed by atoms with Gasteiger partial charge in [0.2, 0.25) is 23.5 Å². The lowest BCUT2D eigenvalue weighted by atomic mass is 9.98. The minimum Gasteiger partial charge on any atom is -0.504 e. The van der Waals surface area contributed by atoms with Crippen molar-refractivity contribution in [1.82, 2.24) is 0 Å².